The number of carbonyl (C=O) groups excluding carboxylic acids is 1. The zero-order valence-electron chi connectivity index (χ0n) is 12.9. The van der Waals surface area contributed by atoms with Gasteiger partial charge in [0.1, 0.15) is 0 Å². The van der Waals surface area contributed by atoms with Gasteiger partial charge in [0.25, 0.3) is 0 Å². The van der Waals surface area contributed by atoms with Gasteiger partial charge in [-0.05, 0) is 18.6 Å². The van der Waals surface area contributed by atoms with Gasteiger partial charge in [0, 0.05) is 42.1 Å². The van der Waals surface area contributed by atoms with Crippen molar-refractivity contribution in [2.45, 2.75) is 26.8 Å². The summed E-state index contributed by atoms with van der Waals surface area (Å²) in [6, 6.07) is 12.2. The Hall–Kier alpha value is -2.62. The van der Waals surface area contributed by atoms with Crippen molar-refractivity contribution in [2.24, 2.45) is 0 Å². The van der Waals surface area contributed by atoms with Crippen LogP contribution in [0.1, 0.15) is 18.2 Å². The fourth-order valence-electron chi connectivity index (χ4n) is 2.79. The number of H-pyrrole nitrogens is 1. The van der Waals surface area contributed by atoms with E-state index < -0.39 is 0 Å². The number of hydrogen-bond donors (Lipinski definition) is 2. The molecule has 4 nitrogen and oxygen atoms in total. The van der Waals surface area contributed by atoms with Crippen molar-refractivity contribution in [2.75, 3.05) is 5.32 Å². The first kappa shape index (κ1) is 14.3. The second-order valence-electron chi connectivity index (χ2n) is 5.53. The fraction of sp³-hybridized carbons (Fsp3) is 0.222. The summed E-state index contributed by atoms with van der Waals surface area (Å²) in [6.45, 7) is 4.55. The van der Waals surface area contributed by atoms with E-state index in [9.17, 15) is 4.79 Å². The van der Waals surface area contributed by atoms with Crippen molar-refractivity contribution < 1.29 is 9.36 Å². The highest BCUT2D eigenvalue weighted by Crippen LogP contribution is 2.22. The van der Waals surface area contributed by atoms with Crippen molar-refractivity contribution >= 4 is 22.5 Å². The van der Waals surface area contributed by atoms with Gasteiger partial charge in [-0.25, -0.2) is 4.57 Å². The van der Waals surface area contributed by atoms with Crippen molar-refractivity contribution in [1.29, 1.82) is 0 Å². The number of anilines is 1. The van der Waals surface area contributed by atoms with Crippen LogP contribution in [-0.4, -0.2) is 10.9 Å². The van der Waals surface area contributed by atoms with E-state index in [-0.39, 0.29) is 5.91 Å². The first-order valence-electron chi connectivity index (χ1n) is 7.46. The van der Waals surface area contributed by atoms with Gasteiger partial charge in [-0.3, -0.25) is 4.79 Å². The molecule has 0 saturated carbocycles. The molecule has 0 aliphatic rings. The Bertz CT molecular complexity index is 803. The maximum Gasteiger partial charge on any atom is 0.221 e. The molecular weight excluding hydrogens is 274 g/mol. The Morgan fingerprint density at radius 3 is 2.64 bits per heavy atom. The van der Waals surface area contributed by atoms with Crippen molar-refractivity contribution in [1.82, 2.24) is 4.98 Å². The van der Waals surface area contributed by atoms with E-state index in [1.165, 1.54) is 29.1 Å². The predicted octanol–water partition coefficient (Wildman–Crippen LogP) is 2.96. The van der Waals surface area contributed by atoms with Crippen LogP contribution in [0.15, 0.2) is 48.8 Å². The zero-order valence-corrected chi connectivity index (χ0v) is 12.9. The second kappa shape index (κ2) is 6.02. The van der Waals surface area contributed by atoms with Crippen LogP contribution in [0.3, 0.4) is 0 Å². The zero-order chi connectivity index (χ0) is 15.5. The maximum atomic E-state index is 11.0. The fourth-order valence-corrected chi connectivity index (χ4v) is 2.79. The van der Waals surface area contributed by atoms with Crippen molar-refractivity contribution in [3.05, 3.63) is 60.0 Å². The topological polar surface area (TPSA) is 48.8 Å². The number of nitrogens with zero attached hydrogens (tertiary/aromatic N) is 1. The first-order valence-corrected chi connectivity index (χ1v) is 7.46. The summed E-state index contributed by atoms with van der Waals surface area (Å²) in [5.41, 5.74) is 4.62. The van der Waals surface area contributed by atoms with Crippen LogP contribution in [0.4, 0.5) is 5.69 Å². The Labute approximate surface area is 129 Å². The number of fused-ring (bicyclic) bond motifs is 1. The lowest BCUT2D eigenvalue weighted by Gasteiger charge is -2.02. The van der Waals surface area contributed by atoms with Gasteiger partial charge in [-0.2, -0.15) is 0 Å². The molecule has 0 radical (unpaired) electrons. The smallest absolute Gasteiger partial charge is 0.221 e. The van der Waals surface area contributed by atoms with Crippen LogP contribution in [0, 0.1) is 6.92 Å². The highest BCUT2D eigenvalue weighted by Gasteiger charge is 2.10. The molecule has 0 unspecified atom stereocenters. The van der Waals surface area contributed by atoms with E-state index in [4.69, 9.17) is 0 Å². The number of nitrogens with one attached hydrogen (secondary N) is 2. The van der Waals surface area contributed by atoms with Gasteiger partial charge >= 0.3 is 0 Å². The molecule has 0 aliphatic heterocycles. The molecule has 4 heteroatoms. The second-order valence-corrected chi connectivity index (χ2v) is 5.53. The molecule has 0 saturated heterocycles. The number of aryl methyl sites for hydroxylation is 3. The number of amides is 1. The predicted molar refractivity (Wildman–Crippen MR) is 87.7 cm³/mol. The minimum Gasteiger partial charge on any atom is -0.358 e. The van der Waals surface area contributed by atoms with Gasteiger partial charge in [-0.15, -0.1) is 0 Å². The third-order valence-electron chi connectivity index (χ3n) is 3.86. The van der Waals surface area contributed by atoms with Crippen molar-refractivity contribution in [3.63, 3.8) is 0 Å². The SMILES string of the molecule is CC(=O)Nc1cc[n+](CCc2c(C)[nH]c3ccccc23)cc1. The normalized spacial score (nSPS) is 10.8. The molecule has 1 amide bonds. The number of aromatic nitrogens is 2. The lowest BCUT2D eigenvalue weighted by Crippen LogP contribution is -2.33. The van der Waals surface area contributed by atoms with Gasteiger partial charge < -0.3 is 10.3 Å². The summed E-state index contributed by atoms with van der Waals surface area (Å²) < 4.78 is 2.13. The molecule has 2 N–H and O–H groups in total. The number of hydrogen-bond acceptors (Lipinski definition) is 1. The summed E-state index contributed by atoms with van der Waals surface area (Å²) in [4.78, 5) is 14.5. The van der Waals surface area contributed by atoms with Crippen LogP contribution in [0.2, 0.25) is 0 Å². The first-order chi connectivity index (χ1) is 10.6. The van der Waals surface area contributed by atoms with E-state index in [0.29, 0.717) is 0 Å². The molecule has 112 valence electrons. The summed E-state index contributed by atoms with van der Waals surface area (Å²) >= 11 is 0. The average molecular weight is 294 g/mol. The molecule has 0 aliphatic carbocycles. The minimum atomic E-state index is -0.0489. The Morgan fingerprint density at radius 2 is 1.91 bits per heavy atom. The van der Waals surface area contributed by atoms with Gasteiger partial charge in [0.15, 0.2) is 18.9 Å². The summed E-state index contributed by atoms with van der Waals surface area (Å²) in [7, 11) is 0. The molecule has 3 aromatic rings. The quantitative estimate of drug-likeness (QED) is 0.714. The Morgan fingerprint density at radius 1 is 1.18 bits per heavy atom. The molecule has 0 bridgehead atoms. The summed E-state index contributed by atoms with van der Waals surface area (Å²) in [5, 5.41) is 4.08. The highest BCUT2D eigenvalue weighted by molar-refractivity contribution is 5.88. The Kier molecular flexibility index (Phi) is 3.92. The van der Waals surface area contributed by atoms with Gasteiger partial charge in [-0.1, -0.05) is 18.2 Å². The number of para-hydroxylation sites is 1. The van der Waals surface area contributed by atoms with E-state index in [1.807, 2.05) is 24.5 Å². The lowest BCUT2D eigenvalue weighted by molar-refractivity contribution is -0.696. The molecule has 0 atom stereocenters. The third-order valence-corrected chi connectivity index (χ3v) is 3.86. The molecular formula is C18H20N3O+. The molecule has 0 fully saturated rings. The molecule has 3 rings (SSSR count). The molecule has 1 aromatic carbocycles. The van der Waals surface area contributed by atoms with Crippen LogP contribution in [0.5, 0.6) is 0 Å². The number of benzene rings is 1. The van der Waals surface area contributed by atoms with E-state index >= 15 is 0 Å². The largest absolute Gasteiger partial charge is 0.358 e. The number of aromatic amines is 1. The molecule has 2 heterocycles. The molecule has 0 spiro atoms. The van der Waals surface area contributed by atoms with Crippen LogP contribution < -0.4 is 9.88 Å². The third kappa shape index (κ3) is 3.01. The molecule has 2 aromatic heterocycles. The van der Waals surface area contributed by atoms with Crippen LogP contribution >= 0.6 is 0 Å². The summed E-state index contributed by atoms with van der Waals surface area (Å²) in [5.74, 6) is -0.0489. The Balaban J connectivity index is 1.74. The average Bonchev–Trinajstić information content (AvgIpc) is 2.81. The van der Waals surface area contributed by atoms with Gasteiger partial charge in [0.2, 0.25) is 5.91 Å². The van der Waals surface area contributed by atoms with Gasteiger partial charge in [0.05, 0.1) is 5.69 Å². The van der Waals surface area contributed by atoms with Crippen LogP contribution in [0.25, 0.3) is 10.9 Å². The highest BCUT2D eigenvalue weighted by atomic mass is 16.1. The van der Waals surface area contributed by atoms with Crippen LogP contribution in [-0.2, 0) is 17.8 Å². The minimum absolute atomic E-state index is 0.0489. The number of carbonyl (C=O) groups is 1. The van der Waals surface area contributed by atoms with Crippen molar-refractivity contribution in [3.8, 4) is 0 Å². The number of rotatable bonds is 4. The summed E-state index contributed by atoms with van der Waals surface area (Å²) in [6.07, 6.45) is 4.96. The van der Waals surface area contributed by atoms with E-state index in [1.54, 1.807) is 0 Å². The molecule has 22 heavy (non-hydrogen) atoms. The maximum absolute atomic E-state index is 11.0. The number of pyridine rings is 1. The van der Waals surface area contributed by atoms with E-state index in [2.05, 4.69) is 46.1 Å². The van der Waals surface area contributed by atoms with E-state index in [0.717, 1.165) is 18.7 Å². The standard InChI is InChI=1S/C18H19N3O/c1-13-16(17-5-3-4-6-18(17)19-13)9-12-21-10-7-15(8-11-21)20-14(2)22/h3-8,10-11,19H,9,12H2,1-2H3/p+1. The monoisotopic (exact) mass is 294 g/mol. The lowest BCUT2D eigenvalue weighted by atomic mass is 10.1.